The Hall–Kier alpha value is -1.20. The van der Waals surface area contributed by atoms with Gasteiger partial charge >= 0.3 is 0 Å². The van der Waals surface area contributed by atoms with Crippen molar-refractivity contribution in [2.75, 3.05) is 44.2 Å². The predicted octanol–water partition coefficient (Wildman–Crippen LogP) is 0.728. The molecule has 1 aromatic rings. The highest BCUT2D eigenvalue weighted by Crippen LogP contribution is 2.12. The van der Waals surface area contributed by atoms with Crippen LogP contribution < -0.4 is 10.6 Å². The Kier molecular flexibility index (Phi) is 5.36. The Morgan fingerprint density at radius 2 is 2.11 bits per heavy atom. The SMILES string of the molecule is NCCCCN1CCCN(c2cccnn2)CC1. The molecule has 0 bridgehead atoms. The number of nitrogens with two attached hydrogens (primary N) is 1. The Balaban J connectivity index is 1.81. The Morgan fingerprint density at radius 3 is 2.89 bits per heavy atom. The van der Waals surface area contributed by atoms with E-state index in [1.54, 1.807) is 6.20 Å². The third-order valence-electron chi connectivity index (χ3n) is 3.40. The molecular weight excluding hydrogens is 226 g/mol. The largest absolute Gasteiger partial charge is 0.354 e. The molecule has 0 radical (unpaired) electrons. The van der Waals surface area contributed by atoms with Crippen LogP contribution in [0.15, 0.2) is 18.3 Å². The molecule has 0 spiro atoms. The second-order valence-electron chi connectivity index (χ2n) is 4.76. The Morgan fingerprint density at radius 1 is 1.17 bits per heavy atom. The van der Waals surface area contributed by atoms with Gasteiger partial charge in [0, 0.05) is 25.8 Å². The molecule has 0 saturated carbocycles. The molecule has 1 saturated heterocycles. The van der Waals surface area contributed by atoms with Crippen molar-refractivity contribution < 1.29 is 0 Å². The minimum absolute atomic E-state index is 0.805. The molecule has 0 aliphatic carbocycles. The Bertz CT molecular complexity index is 329. The highest BCUT2D eigenvalue weighted by Gasteiger charge is 2.15. The number of rotatable bonds is 5. The molecule has 2 rings (SSSR count). The maximum Gasteiger partial charge on any atom is 0.151 e. The zero-order valence-corrected chi connectivity index (χ0v) is 11.0. The zero-order valence-electron chi connectivity index (χ0n) is 11.0. The van der Waals surface area contributed by atoms with Gasteiger partial charge in [0.2, 0.25) is 0 Å². The van der Waals surface area contributed by atoms with Gasteiger partial charge in [0.05, 0.1) is 0 Å². The average Bonchev–Trinajstić information content (AvgIpc) is 2.66. The number of anilines is 1. The summed E-state index contributed by atoms with van der Waals surface area (Å²) in [5, 5.41) is 8.14. The molecule has 1 aromatic heterocycles. The Labute approximate surface area is 109 Å². The van der Waals surface area contributed by atoms with Gasteiger partial charge < -0.3 is 15.5 Å². The van der Waals surface area contributed by atoms with Crippen LogP contribution in [0.3, 0.4) is 0 Å². The van der Waals surface area contributed by atoms with Gasteiger partial charge in [-0.15, -0.1) is 5.10 Å². The van der Waals surface area contributed by atoms with E-state index in [2.05, 4.69) is 20.0 Å². The van der Waals surface area contributed by atoms with Crippen LogP contribution in [0.1, 0.15) is 19.3 Å². The summed E-state index contributed by atoms with van der Waals surface area (Å²) < 4.78 is 0. The van der Waals surface area contributed by atoms with Crippen LogP contribution in [0.5, 0.6) is 0 Å². The lowest BCUT2D eigenvalue weighted by Gasteiger charge is -2.22. The summed E-state index contributed by atoms with van der Waals surface area (Å²) in [5.41, 5.74) is 5.53. The summed E-state index contributed by atoms with van der Waals surface area (Å²) in [6.07, 6.45) is 5.26. The second kappa shape index (κ2) is 7.28. The fourth-order valence-electron chi connectivity index (χ4n) is 2.37. The van der Waals surface area contributed by atoms with Gasteiger partial charge in [-0.1, -0.05) is 0 Å². The minimum Gasteiger partial charge on any atom is -0.354 e. The molecule has 0 unspecified atom stereocenters. The number of aromatic nitrogens is 2. The zero-order chi connectivity index (χ0) is 12.6. The number of hydrogen-bond acceptors (Lipinski definition) is 5. The molecule has 1 aliphatic rings. The summed E-state index contributed by atoms with van der Waals surface area (Å²) >= 11 is 0. The highest BCUT2D eigenvalue weighted by molar-refractivity contribution is 5.36. The van der Waals surface area contributed by atoms with Gasteiger partial charge in [-0.05, 0) is 51.0 Å². The third-order valence-corrected chi connectivity index (χ3v) is 3.40. The van der Waals surface area contributed by atoms with Crippen LogP contribution in [-0.2, 0) is 0 Å². The van der Waals surface area contributed by atoms with Crippen molar-refractivity contribution in [1.82, 2.24) is 15.1 Å². The highest BCUT2D eigenvalue weighted by atomic mass is 15.3. The molecule has 0 amide bonds. The van der Waals surface area contributed by atoms with E-state index >= 15 is 0 Å². The van der Waals surface area contributed by atoms with Gasteiger partial charge in [0.25, 0.3) is 0 Å². The first-order valence-corrected chi connectivity index (χ1v) is 6.85. The fourth-order valence-corrected chi connectivity index (χ4v) is 2.37. The molecule has 5 heteroatoms. The van der Waals surface area contributed by atoms with Crippen molar-refractivity contribution in [1.29, 1.82) is 0 Å². The van der Waals surface area contributed by atoms with Crippen molar-refractivity contribution >= 4 is 5.82 Å². The van der Waals surface area contributed by atoms with Gasteiger partial charge in [-0.25, -0.2) is 0 Å². The lowest BCUT2D eigenvalue weighted by atomic mass is 10.3. The molecular formula is C13H23N5. The molecule has 2 heterocycles. The first kappa shape index (κ1) is 13.2. The van der Waals surface area contributed by atoms with Gasteiger partial charge in [-0.3, -0.25) is 0 Å². The van der Waals surface area contributed by atoms with E-state index in [-0.39, 0.29) is 0 Å². The van der Waals surface area contributed by atoms with Crippen LogP contribution in [0.4, 0.5) is 5.82 Å². The molecule has 18 heavy (non-hydrogen) atoms. The molecule has 1 fully saturated rings. The molecule has 100 valence electrons. The van der Waals surface area contributed by atoms with E-state index in [1.807, 2.05) is 12.1 Å². The number of hydrogen-bond donors (Lipinski definition) is 1. The standard InChI is InChI=1S/C13H23N5/c14-6-1-2-8-17-9-4-10-18(12-11-17)13-5-3-7-15-16-13/h3,5,7H,1-2,4,6,8-12,14H2. The van der Waals surface area contributed by atoms with E-state index in [9.17, 15) is 0 Å². The molecule has 0 atom stereocenters. The van der Waals surface area contributed by atoms with E-state index < -0.39 is 0 Å². The van der Waals surface area contributed by atoms with Crippen molar-refractivity contribution in [3.63, 3.8) is 0 Å². The molecule has 0 aromatic carbocycles. The summed E-state index contributed by atoms with van der Waals surface area (Å²) in [4.78, 5) is 4.86. The van der Waals surface area contributed by atoms with Gasteiger partial charge in [-0.2, -0.15) is 5.10 Å². The van der Waals surface area contributed by atoms with Crippen LogP contribution in [0.25, 0.3) is 0 Å². The van der Waals surface area contributed by atoms with Crippen LogP contribution in [-0.4, -0.2) is 54.4 Å². The van der Waals surface area contributed by atoms with E-state index in [1.165, 1.54) is 25.9 Å². The normalized spacial score (nSPS) is 17.7. The maximum absolute atomic E-state index is 5.53. The summed E-state index contributed by atoms with van der Waals surface area (Å²) in [7, 11) is 0. The summed E-state index contributed by atoms with van der Waals surface area (Å²) in [6, 6.07) is 3.99. The first-order chi connectivity index (χ1) is 8.90. The summed E-state index contributed by atoms with van der Waals surface area (Å²) in [6.45, 7) is 6.39. The monoisotopic (exact) mass is 249 g/mol. The van der Waals surface area contributed by atoms with Crippen molar-refractivity contribution in [2.45, 2.75) is 19.3 Å². The quantitative estimate of drug-likeness (QED) is 0.780. The van der Waals surface area contributed by atoms with Crippen molar-refractivity contribution in [3.8, 4) is 0 Å². The van der Waals surface area contributed by atoms with E-state index in [4.69, 9.17) is 5.73 Å². The lowest BCUT2D eigenvalue weighted by Crippen LogP contribution is -2.32. The average molecular weight is 249 g/mol. The first-order valence-electron chi connectivity index (χ1n) is 6.85. The van der Waals surface area contributed by atoms with Gasteiger partial charge in [0.15, 0.2) is 5.82 Å². The molecule has 1 aliphatic heterocycles. The van der Waals surface area contributed by atoms with Crippen molar-refractivity contribution in [3.05, 3.63) is 18.3 Å². The van der Waals surface area contributed by atoms with Gasteiger partial charge in [0.1, 0.15) is 0 Å². The topological polar surface area (TPSA) is 58.3 Å². The third kappa shape index (κ3) is 3.92. The van der Waals surface area contributed by atoms with Crippen LogP contribution >= 0.6 is 0 Å². The smallest absolute Gasteiger partial charge is 0.151 e. The van der Waals surface area contributed by atoms with Crippen molar-refractivity contribution in [2.24, 2.45) is 5.73 Å². The summed E-state index contributed by atoms with van der Waals surface area (Å²) in [5.74, 6) is 1.00. The van der Waals surface area contributed by atoms with E-state index in [0.717, 1.165) is 38.4 Å². The fraction of sp³-hybridized carbons (Fsp3) is 0.692. The minimum atomic E-state index is 0.805. The predicted molar refractivity (Wildman–Crippen MR) is 73.6 cm³/mol. The van der Waals surface area contributed by atoms with Crippen LogP contribution in [0, 0.1) is 0 Å². The lowest BCUT2D eigenvalue weighted by molar-refractivity contribution is 0.288. The number of unbranched alkanes of at least 4 members (excludes halogenated alkanes) is 1. The molecule has 2 N–H and O–H groups in total. The number of nitrogens with zero attached hydrogens (tertiary/aromatic N) is 4. The second-order valence-corrected chi connectivity index (χ2v) is 4.76. The maximum atomic E-state index is 5.53. The van der Waals surface area contributed by atoms with Crippen LogP contribution in [0.2, 0.25) is 0 Å². The van der Waals surface area contributed by atoms with E-state index in [0.29, 0.717) is 0 Å². The molecule has 5 nitrogen and oxygen atoms in total.